The van der Waals surface area contributed by atoms with Crippen LogP contribution in [0, 0.1) is 20.8 Å². The first-order chi connectivity index (χ1) is 26.2. The van der Waals surface area contributed by atoms with Gasteiger partial charge in [0.2, 0.25) is 0 Å². The Kier molecular flexibility index (Phi) is 13.2. The van der Waals surface area contributed by atoms with Gasteiger partial charge in [-0.1, -0.05) is 91.6 Å². The summed E-state index contributed by atoms with van der Waals surface area (Å²) in [5, 5.41) is 57.6. The van der Waals surface area contributed by atoms with E-state index >= 15 is 0 Å². The summed E-state index contributed by atoms with van der Waals surface area (Å²) < 4.78 is 0. The summed E-state index contributed by atoms with van der Waals surface area (Å²) in [5.41, 5.74) is 9.13. The lowest BCUT2D eigenvalue weighted by Crippen LogP contribution is -2.49. The molecule has 0 radical (unpaired) electrons. The first kappa shape index (κ1) is 39.1. The van der Waals surface area contributed by atoms with E-state index in [2.05, 4.69) is 89.1 Å². The summed E-state index contributed by atoms with van der Waals surface area (Å²) in [4.78, 5) is 0. The molecule has 294 valence electrons. The van der Waals surface area contributed by atoms with Crippen LogP contribution in [-0.2, 0) is 39.3 Å². The van der Waals surface area contributed by atoms with Crippen LogP contribution in [0.3, 0.4) is 0 Å². The average molecular weight is 739 g/mol. The van der Waals surface area contributed by atoms with Crippen molar-refractivity contribution in [3.05, 3.63) is 86.5 Å². The Morgan fingerprint density at radius 1 is 0.333 bits per heavy atom. The van der Waals surface area contributed by atoms with E-state index in [0.717, 1.165) is 88.6 Å². The van der Waals surface area contributed by atoms with Crippen molar-refractivity contribution in [2.24, 2.45) is 0 Å². The molecule has 9 nitrogen and oxygen atoms in total. The van der Waals surface area contributed by atoms with E-state index in [0.29, 0.717) is 56.5 Å². The van der Waals surface area contributed by atoms with Gasteiger partial charge < -0.3 is 47.2 Å². The Morgan fingerprint density at radius 2 is 0.500 bits per heavy atom. The fourth-order valence-corrected chi connectivity index (χ4v) is 9.92. The molecule has 6 atom stereocenters. The van der Waals surface area contributed by atoms with Gasteiger partial charge in [0.15, 0.2) is 0 Å². The van der Waals surface area contributed by atoms with Crippen molar-refractivity contribution in [2.45, 2.75) is 173 Å². The van der Waals surface area contributed by atoms with Crippen LogP contribution in [0.4, 0.5) is 0 Å². The predicted octanol–water partition coefficient (Wildman–Crippen LogP) is 6.61. The van der Waals surface area contributed by atoms with Crippen molar-refractivity contribution >= 4 is 0 Å². The van der Waals surface area contributed by atoms with E-state index in [1.807, 2.05) is 0 Å². The Bertz CT molecular complexity index is 1420. The van der Waals surface area contributed by atoms with Gasteiger partial charge in [0, 0.05) is 109 Å². The van der Waals surface area contributed by atoms with E-state index in [9.17, 15) is 15.3 Å². The highest BCUT2D eigenvalue weighted by atomic mass is 16.3. The molecule has 0 aromatic heterocycles. The van der Waals surface area contributed by atoms with Gasteiger partial charge >= 0.3 is 0 Å². The molecule has 1 heterocycles. The van der Waals surface area contributed by atoms with Crippen molar-refractivity contribution < 1.29 is 15.3 Å². The predicted molar refractivity (Wildman–Crippen MR) is 218 cm³/mol. The molecule has 54 heavy (non-hydrogen) atoms. The molecular formula is C45H66N6O3. The highest BCUT2D eigenvalue weighted by Gasteiger charge is 2.29. The van der Waals surface area contributed by atoms with Crippen LogP contribution in [0.5, 0.6) is 17.2 Å². The summed E-state index contributed by atoms with van der Waals surface area (Å²) >= 11 is 0. The molecule has 9 N–H and O–H groups in total. The largest absolute Gasteiger partial charge is 0.507 e. The standard InChI is InChI=1S/C45H66N6O3/c1-28-16-31-22-46-37-10-4-6-12-39(37)48-24-33-18-29(2)20-35(44(33)53)26-50-41-14-8-9-15-42(41)51-27-36-21-30(3)19-34(45(36)54)25-49-40-13-7-5-11-38(40)47-23-32(17-28)43(31)52/h16-21,37-42,46-54H,4-15,22-27H2,1-3H3. The summed E-state index contributed by atoms with van der Waals surface area (Å²) in [5.74, 6) is 1.15. The van der Waals surface area contributed by atoms with Crippen molar-refractivity contribution in [1.82, 2.24) is 31.9 Å². The molecule has 0 amide bonds. The average Bonchev–Trinajstić information content (AvgIpc) is 3.17. The number of phenolic OH excluding ortho intramolecular Hbond substituents is 3. The number of hydrogen-bond donors (Lipinski definition) is 9. The van der Waals surface area contributed by atoms with E-state index in [4.69, 9.17) is 0 Å². The topological polar surface area (TPSA) is 133 Å². The number of rotatable bonds is 0. The molecule has 6 bridgehead atoms. The fraction of sp³-hybridized carbons (Fsp3) is 0.600. The number of benzene rings is 3. The molecule has 1 aliphatic heterocycles. The summed E-state index contributed by atoms with van der Waals surface area (Å²) in [7, 11) is 0. The maximum absolute atomic E-state index is 11.6. The minimum atomic E-state index is 0.282. The summed E-state index contributed by atoms with van der Waals surface area (Å²) in [6.45, 7) is 10.0. The van der Waals surface area contributed by atoms with Crippen LogP contribution in [0.25, 0.3) is 0 Å². The Hall–Kier alpha value is -3.18. The third-order valence-electron chi connectivity index (χ3n) is 12.9. The van der Waals surface area contributed by atoms with Gasteiger partial charge in [-0.25, -0.2) is 0 Å². The highest BCUT2D eigenvalue weighted by molar-refractivity contribution is 5.45. The van der Waals surface area contributed by atoms with Crippen LogP contribution in [0.2, 0.25) is 0 Å². The summed E-state index contributed by atoms with van der Waals surface area (Å²) in [6.07, 6.45) is 13.6. The van der Waals surface area contributed by atoms with E-state index in [-0.39, 0.29) is 36.3 Å². The molecule has 3 fully saturated rings. The number of phenols is 3. The second-order valence-electron chi connectivity index (χ2n) is 17.1. The smallest absolute Gasteiger partial charge is 0.124 e. The zero-order chi connectivity index (χ0) is 37.6. The first-order valence-electron chi connectivity index (χ1n) is 21.1. The molecule has 9 heteroatoms. The zero-order valence-corrected chi connectivity index (χ0v) is 33.0. The number of nitrogens with one attached hydrogen (secondary N) is 6. The highest BCUT2D eigenvalue weighted by Crippen LogP contribution is 2.31. The second-order valence-corrected chi connectivity index (χ2v) is 17.1. The molecule has 0 spiro atoms. The van der Waals surface area contributed by atoms with Gasteiger partial charge in [-0.3, -0.25) is 0 Å². The number of hydrogen-bond acceptors (Lipinski definition) is 9. The summed E-state index contributed by atoms with van der Waals surface area (Å²) in [6, 6.07) is 14.4. The van der Waals surface area contributed by atoms with Crippen LogP contribution in [0.15, 0.2) is 36.4 Å². The van der Waals surface area contributed by atoms with E-state index < -0.39 is 0 Å². The van der Waals surface area contributed by atoms with Crippen molar-refractivity contribution in [3.8, 4) is 17.2 Å². The fourth-order valence-electron chi connectivity index (χ4n) is 9.92. The SMILES string of the molecule is Cc1cc2c(O)c(c1)CNC1CCCCC1NCc1cc(C)cc(c1O)CNC1CCCCC1NCc1cc(C)cc(c1O)CNC1CCCCC1NC2. The molecule has 6 unspecified atom stereocenters. The van der Waals surface area contributed by atoms with Gasteiger partial charge in [-0.15, -0.1) is 0 Å². The quantitative estimate of drug-likeness (QED) is 0.125. The molecule has 3 aliphatic carbocycles. The van der Waals surface area contributed by atoms with Crippen molar-refractivity contribution in [1.29, 1.82) is 0 Å². The van der Waals surface area contributed by atoms with Crippen LogP contribution in [0.1, 0.15) is 127 Å². The minimum Gasteiger partial charge on any atom is -0.507 e. The van der Waals surface area contributed by atoms with Crippen LogP contribution < -0.4 is 31.9 Å². The molecule has 3 aromatic rings. The van der Waals surface area contributed by atoms with Crippen LogP contribution in [-0.4, -0.2) is 51.6 Å². The van der Waals surface area contributed by atoms with Gasteiger partial charge in [0.05, 0.1) is 0 Å². The van der Waals surface area contributed by atoms with Gasteiger partial charge in [0.25, 0.3) is 0 Å². The maximum Gasteiger partial charge on any atom is 0.124 e. The molecule has 3 aromatic carbocycles. The van der Waals surface area contributed by atoms with Crippen molar-refractivity contribution in [3.63, 3.8) is 0 Å². The lowest BCUT2D eigenvalue weighted by atomic mass is 9.89. The lowest BCUT2D eigenvalue weighted by molar-refractivity contribution is 0.277. The molecular weight excluding hydrogens is 673 g/mol. The molecule has 7 rings (SSSR count). The van der Waals surface area contributed by atoms with Crippen molar-refractivity contribution in [2.75, 3.05) is 0 Å². The number of aromatic hydroxyl groups is 3. The lowest BCUT2D eigenvalue weighted by Gasteiger charge is -2.34. The van der Waals surface area contributed by atoms with Crippen LogP contribution >= 0.6 is 0 Å². The third-order valence-corrected chi connectivity index (χ3v) is 12.9. The van der Waals surface area contributed by atoms with Gasteiger partial charge in [0.1, 0.15) is 17.2 Å². The minimum absolute atomic E-state index is 0.282. The number of aryl methyl sites for hydroxylation is 3. The molecule has 0 saturated heterocycles. The third kappa shape index (κ3) is 9.60. The zero-order valence-electron chi connectivity index (χ0n) is 33.0. The second kappa shape index (κ2) is 18.2. The Balaban J connectivity index is 1.15. The normalized spacial score (nSPS) is 27.8. The monoisotopic (exact) mass is 739 g/mol. The Labute approximate surface area is 323 Å². The Morgan fingerprint density at radius 3 is 0.667 bits per heavy atom. The molecule has 3 saturated carbocycles. The molecule has 4 aliphatic rings. The van der Waals surface area contributed by atoms with Gasteiger partial charge in [-0.2, -0.15) is 0 Å². The van der Waals surface area contributed by atoms with E-state index in [1.54, 1.807) is 0 Å². The van der Waals surface area contributed by atoms with E-state index in [1.165, 1.54) is 38.5 Å². The first-order valence-corrected chi connectivity index (χ1v) is 21.1. The van der Waals surface area contributed by atoms with Gasteiger partial charge in [-0.05, 0) is 59.3 Å². The maximum atomic E-state index is 11.6. The number of fused-ring (bicyclic) bond motifs is 9.